The lowest BCUT2D eigenvalue weighted by molar-refractivity contribution is -0.0970. The zero-order chi connectivity index (χ0) is 24.7. The predicted molar refractivity (Wildman–Crippen MR) is 135 cm³/mol. The Hall–Kier alpha value is -2.61. The monoisotopic (exact) mass is 517 g/mol. The molecule has 3 aromatic rings. The van der Waals surface area contributed by atoms with Crippen molar-refractivity contribution < 1.29 is 14.4 Å². The van der Waals surface area contributed by atoms with E-state index in [1.165, 1.54) is 5.06 Å². The van der Waals surface area contributed by atoms with Gasteiger partial charge in [-0.15, -0.1) is 5.06 Å². The van der Waals surface area contributed by atoms with Crippen LogP contribution in [0.15, 0.2) is 33.7 Å². The second-order valence-electron chi connectivity index (χ2n) is 9.86. The molecule has 0 fully saturated rings. The van der Waals surface area contributed by atoms with Crippen LogP contribution >= 0.6 is 15.9 Å². The van der Waals surface area contributed by atoms with E-state index in [0.29, 0.717) is 32.7 Å². The number of carbonyl (C=O) groups excluding carboxylic acids is 1. The van der Waals surface area contributed by atoms with Crippen LogP contribution in [0.3, 0.4) is 0 Å². The molecule has 3 rings (SSSR count). The van der Waals surface area contributed by atoms with Crippen molar-refractivity contribution in [1.29, 1.82) is 0 Å². The van der Waals surface area contributed by atoms with Gasteiger partial charge in [-0.3, -0.25) is 9.78 Å². The Morgan fingerprint density at radius 3 is 2.48 bits per heavy atom. The number of halogens is 1. The molecule has 0 aliphatic carbocycles. The van der Waals surface area contributed by atoms with Crippen LogP contribution in [0.4, 0.5) is 4.79 Å². The Morgan fingerprint density at radius 1 is 1.21 bits per heavy atom. The fraction of sp³-hybridized carbons (Fsp3) is 0.480. The van der Waals surface area contributed by atoms with E-state index in [1.54, 1.807) is 23.9 Å². The molecular weight excluding hydrogens is 486 g/mol. The molecule has 1 unspecified atom stereocenters. The summed E-state index contributed by atoms with van der Waals surface area (Å²) < 4.78 is 7.85. The molecule has 1 atom stereocenters. The summed E-state index contributed by atoms with van der Waals surface area (Å²) in [6.07, 6.45) is 1.88. The van der Waals surface area contributed by atoms with Crippen molar-refractivity contribution >= 4 is 43.7 Å². The summed E-state index contributed by atoms with van der Waals surface area (Å²) in [4.78, 5) is 36.5. The van der Waals surface area contributed by atoms with Crippen LogP contribution in [0.25, 0.3) is 21.7 Å². The second-order valence-corrected chi connectivity index (χ2v) is 10.7. The van der Waals surface area contributed by atoms with E-state index in [-0.39, 0.29) is 11.6 Å². The Bertz CT molecular complexity index is 1260. The van der Waals surface area contributed by atoms with E-state index in [9.17, 15) is 9.59 Å². The van der Waals surface area contributed by atoms with Gasteiger partial charge in [-0.05, 0) is 80.4 Å². The number of aromatic nitrogens is 2. The van der Waals surface area contributed by atoms with E-state index < -0.39 is 11.7 Å². The fourth-order valence-electron chi connectivity index (χ4n) is 3.94. The first-order valence-corrected chi connectivity index (χ1v) is 11.9. The topological polar surface area (TPSA) is 73.7 Å². The maximum Gasteiger partial charge on any atom is 0.443 e. The molecule has 33 heavy (non-hydrogen) atoms. The van der Waals surface area contributed by atoms with E-state index in [1.807, 2.05) is 46.8 Å². The van der Waals surface area contributed by atoms with Crippen molar-refractivity contribution in [3.05, 3.63) is 44.9 Å². The van der Waals surface area contributed by atoms with Crippen LogP contribution in [0.5, 0.6) is 5.75 Å². The molecule has 0 spiro atoms. The summed E-state index contributed by atoms with van der Waals surface area (Å²) >= 11 is 3.60. The number of hydrogen-bond donors (Lipinski definition) is 0. The lowest BCUT2D eigenvalue weighted by atomic mass is 10.1. The minimum absolute atomic E-state index is 0.131. The molecule has 0 bridgehead atoms. The Morgan fingerprint density at radius 2 is 1.88 bits per heavy atom. The van der Waals surface area contributed by atoms with Crippen molar-refractivity contribution in [3.8, 4) is 5.75 Å². The maximum atomic E-state index is 13.1. The minimum atomic E-state index is -0.661. The molecule has 7 nitrogen and oxygen atoms in total. The van der Waals surface area contributed by atoms with Crippen LogP contribution < -0.4 is 10.4 Å². The van der Waals surface area contributed by atoms with Crippen LogP contribution in [0, 0.1) is 12.8 Å². The number of ether oxygens (including phenoxy) is 1. The molecule has 0 saturated heterocycles. The van der Waals surface area contributed by atoms with Crippen LogP contribution in [0.1, 0.15) is 53.7 Å². The second kappa shape index (κ2) is 9.33. The van der Waals surface area contributed by atoms with Gasteiger partial charge in [-0.25, -0.2) is 4.79 Å². The molecule has 178 valence electrons. The molecule has 2 heterocycles. The van der Waals surface area contributed by atoms with Gasteiger partial charge in [-0.1, -0.05) is 13.8 Å². The largest absolute Gasteiger partial charge is 0.443 e. The van der Waals surface area contributed by atoms with E-state index >= 15 is 0 Å². The summed E-state index contributed by atoms with van der Waals surface area (Å²) in [5, 5.41) is 3.58. The average molecular weight is 518 g/mol. The molecule has 0 radical (unpaired) electrons. The maximum absolute atomic E-state index is 13.1. The Kier molecular flexibility index (Phi) is 7.07. The third kappa shape index (κ3) is 5.32. The van der Waals surface area contributed by atoms with Gasteiger partial charge >= 0.3 is 6.09 Å². The zero-order valence-electron chi connectivity index (χ0n) is 20.5. The number of hydrogen-bond acceptors (Lipinski definition) is 5. The SMILES string of the molecule is Cc1nccc2c1c(=O)n(C)c1cc(ON(C(=O)OC(C)(C)C)C(C)CC(C)C)c(Br)cc21. The standard InChI is InChI=1S/C25H32BrN3O4/c1-14(2)11-15(3)29(24(31)32-25(5,6)7)33-21-13-20-18(12-19(21)26)17-9-10-27-16(4)22(17)23(30)28(20)8/h9-10,12-15H,11H2,1-8H3. The summed E-state index contributed by atoms with van der Waals surface area (Å²) in [7, 11) is 1.72. The molecule has 1 aromatic carbocycles. The molecule has 0 aliphatic rings. The van der Waals surface area contributed by atoms with Crippen LogP contribution in [-0.2, 0) is 11.8 Å². The average Bonchev–Trinajstić information content (AvgIpc) is 2.68. The number of nitrogens with zero attached hydrogens (tertiary/aromatic N) is 3. The molecule has 2 aromatic heterocycles. The van der Waals surface area contributed by atoms with Crippen molar-refractivity contribution in [2.75, 3.05) is 0 Å². The number of aryl methyl sites for hydroxylation is 2. The number of fused-ring (bicyclic) bond motifs is 3. The van der Waals surface area contributed by atoms with E-state index in [2.05, 4.69) is 34.8 Å². The zero-order valence-corrected chi connectivity index (χ0v) is 22.1. The lowest BCUT2D eigenvalue weighted by Gasteiger charge is -2.31. The van der Waals surface area contributed by atoms with Gasteiger partial charge in [-0.2, -0.15) is 0 Å². The number of rotatable bonds is 5. The molecule has 0 aliphatic heterocycles. The minimum Gasteiger partial charge on any atom is -0.442 e. The van der Waals surface area contributed by atoms with Gasteiger partial charge in [0.2, 0.25) is 0 Å². The Labute approximate surface area is 202 Å². The fourth-order valence-corrected chi connectivity index (χ4v) is 4.36. The van der Waals surface area contributed by atoms with Gasteiger partial charge < -0.3 is 14.1 Å². The first-order chi connectivity index (χ1) is 15.3. The third-order valence-corrected chi connectivity index (χ3v) is 5.96. The first kappa shape index (κ1) is 25.0. The highest BCUT2D eigenvalue weighted by Gasteiger charge is 2.29. The van der Waals surface area contributed by atoms with E-state index in [4.69, 9.17) is 9.57 Å². The number of pyridine rings is 2. The smallest absolute Gasteiger partial charge is 0.442 e. The quantitative estimate of drug-likeness (QED) is 0.301. The van der Waals surface area contributed by atoms with Crippen molar-refractivity contribution in [2.45, 2.75) is 66.5 Å². The highest BCUT2D eigenvalue weighted by molar-refractivity contribution is 9.10. The van der Waals surface area contributed by atoms with Crippen LogP contribution in [-0.4, -0.2) is 32.4 Å². The summed E-state index contributed by atoms with van der Waals surface area (Å²) in [6.45, 7) is 13.4. The van der Waals surface area contributed by atoms with Crippen LogP contribution in [0.2, 0.25) is 0 Å². The summed E-state index contributed by atoms with van der Waals surface area (Å²) in [6, 6.07) is 5.30. The van der Waals surface area contributed by atoms with Crippen molar-refractivity contribution in [3.63, 3.8) is 0 Å². The number of hydroxylamine groups is 2. The van der Waals surface area contributed by atoms with Gasteiger partial charge in [0.05, 0.1) is 27.1 Å². The highest BCUT2D eigenvalue weighted by Crippen LogP contribution is 2.34. The third-order valence-electron chi connectivity index (χ3n) is 5.34. The lowest BCUT2D eigenvalue weighted by Crippen LogP contribution is -2.44. The van der Waals surface area contributed by atoms with E-state index in [0.717, 1.165) is 17.2 Å². The van der Waals surface area contributed by atoms with Gasteiger partial charge in [0, 0.05) is 24.7 Å². The van der Waals surface area contributed by atoms with Gasteiger partial charge in [0.25, 0.3) is 5.56 Å². The van der Waals surface area contributed by atoms with Crippen molar-refractivity contribution in [1.82, 2.24) is 14.6 Å². The number of benzene rings is 1. The summed E-state index contributed by atoms with van der Waals surface area (Å²) in [5.74, 6) is 0.779. The summed E-state index contributed by atoms with van der Waals surface area (Å²) in [5.41, 5.74) is 0.585. The van der Waals surface area contributed by atoms with Crippen molar-refractivity contribution in [2.24, 2.45) is 13.0 Å². The first-order valence-electron chi connectivity index (χ1n) is 11.1. The Balaban J connectivity index is 2.13. The number of carbonyl (C=O) groups is 1. The number of amides is 1. The molecular formula is C25H32BrN3O4. The molecule has 0 saturated carbocycles. The molecule has 8 heteroatoms. The molecule has 0 N–H and O–H groups in total. The molecule has 1 amide bonds. The normalized spacial score (nSPS) is 12.9. The van der Waals surface area contributed by atoms with Gasteiger partial charge in [0.15, 0.2) is 5.75 Å². The predicted octanol–water partition coefficient (Wildman–Crippen LogP) is 6.12. The highest BCUT2D eigenvalue weighted by atomic mass is 79.9. The van der Waals surface area contributed by atoms with Gasteiger partial charge in [0.1, 0.15) is 5.60 Å².